The lowest BCUT2D eigenvalue weighted by Crippen LogP contribution is -2.54. The summed E-state index contributed by atoms with van der Waals surface area (Å²) in [6.45, 7) is 1.02. The number of nitrogens with one attached hydrogen (secondary N) is 1. The van der Waals surface area contributed by atoms with Crippen LogP contribution in [0.1, 0.15) is 30.4 Å². The molecule has 1 saturated heterocycles. The Balaban J connectivity index is 1.93. The molecule has 1 aliphatic heterocycles. The zero-order valence-electron chi connectivity index (χ0n) is 12.2. The third kappa shape index (κ3) is 2.87. The predicted octanol–water partition coefficient (Wildman–Crippen LogP) is 3.18. The number of carboxylic acid groups (broad SMARTS) is 1. The van der Waals surface area contributed by atoms with Crippen LogP contribution >= 0.6 is 0 Å². The van der Waals surface area contributed by atoms with Gasteiger partial charge in [-0.05, 0) is 43.5 Å². The van der Waals surface area contributed by atoms with Gasteiger partial charge in [-0.15, -0.1) is 0 Å². The maximum Gasteiger partial charge on any atom is 0.419 e. The van der Waals surface area contributed by atoms with Crippen LogP contribution in [-0.2, 0) is 11.7 Å². The summed E-state index contributed by atoms with van der Waals surface area (Å²) in [5, 5.41) is 12.5. The van der Waals surface area contributed by atoms with E-state index in [2.05, 4.69) is 5.32 Å². The van der Waals surface area contributed by atoms with E-state index in [1.54, 1.807) is 0 Å². The van der Waals surface area contributed by atoms with E-state index in [0.29, 0.717) is 12.8 Å². The Morgan fingerprint density at radius 2 is 2.04 bits per heavy atom. The molecule has 1 aliphatic carbocycles. The molecule has 23 heavy (non-hydrogen) atoms. The molecule has 3 rings (SSSR count). The van der Waals surface area contributed by atoms with E-state index >= 15 is 0 Å². The smallest absolute Gasteiger partial charge is 0.419 e. The van der Waals surface area contributed by atoms with Gasteiger partial charge in [0.05, 0.1) is 11.1 Å². The SMILES string of the molecule is O=C(O)N(C[C@@H]1CCN1)C1(c2ccc(F)c(C(F)(F)F)c2)CC1. The second kappa shape index (κ2) is 5.36. The van der Waals surface area contributed by atoms with E-state index in [1.165, 1.54) is 11.0 Å². The Labute approximate surface area is 130 Å². The predicted molar refractivity (Wildman–Crippen MR) is 73.5 cm³/mol. The molecule has 0 aromatic heterocycles. The fourth-order valence-electron chi connectivity index (χ4n) is 3.03. The number of alkyl halides is 3. The van der Waals surface area contributed by atoms with Gasteiger partial charge in [0.25, 0.3) is 0 Å². The number of halogens is 4. The van der Waals surface area contributed by atoms with Gasteiger partial charge in [-0.3, -0.25) is 4.90 Å². The molecule has 2 aliphatic rings. The first-order valence-corrected chi connectivity index (χ1v) is 7.35. The third-order valence-corrected chi connectivity index (χ3v) is 4.61. The Morgan fingerprint density at radius 1 is 1.39 bits per heavy atom. The fourth-order valence-corrected chi connectivity index (χ4v) is 3.03. The van der Waals surface area contributed by atoms with Gasteiger partial charge in [-0.25, -0.2) is 9.18 Å². The normalized spacial score (nSPS) is 22.3. The third-order valence-electron chi connectivity index (χ3n) is 4.61. The summed E-state index contributed by atoms with van der Waals surface area (Å²) >= 11 is 0. The Morgan fingerprint density at radius 3 is 2.48 bits per heavy atom. The number of hydrogen-bond donors (Lipinski definition) is 2. The molecule has 126 valence electrons. The lowest BCUT2D eigenvalue weighted by atomic mass is 9.98. The molecule has 0 radical (unpaired) electrons. The van der Waals surface area contributed by atoms with Crippen molar-refractivity contribution >= 4 is 6.09 Å². The molecule has 2 fully saturated rings. The van der Waals surface area contributed by atoms with Crippen molar-refractivity contribution in [3.05, 3.63) is 35.1 Å². The van der Waals surface area contributed by atoms with Gasteiger partial charge in [0.2, 0.25) is 0 Å². The second-order valence-electron chi connectivity index (χ2n) is 6.06. The molecule has 2 N–H and O–H groups in total. The first-order valence-electron chi connectivity index (χ1n) is 7.35. The van der Waals surface area contributed by atoms with Crippen molar-refractivity contribution in [1.29, 1.82) is 0 Å². The van der Waals surface area contributed by atoms with Crippen molar-refractivity contribution in [1.82, 2.24) is 10.2 Å². The van der Waals surface area contributed by atoms with E-state index < -0.39 is 29.2 Å². The van der Waals surface area contributed by atoms with Crippen molar-refractivity contribution in [2.45, 2.75) is 37.0 Å². The average Bonchev–Trinajstić information content (AvgIpc) is 3.17. The maximum atomic E-state index is 13.4. The van der Waals surface area contributed by atoms with Gasteiger partial charge in [-0.2, -0.15) is 13.2 Å². The van der Waals surface area contributed by atoms with Crippen LogP contribution in [-0.4, -0.2) is 35.2 Å². The highest BCUT2D eigenvalue weighted by Gasteiger charge is 2.53. The molecule has 8 heteroatoms. The minimum absolute atomic E-state index is 0.0195. The van der Waals surface area contributed by atoms with Gasteiger partial charge in [0, 0.05) is 12.6 Å². The van der Waals surface area contributed by atoms with Crippen LogP contribution in [0.5, 0.6) is 0 Å². The lowest BCUT2D eigenvalue weighted by molar-refractivity contribution is -0.140. The lowest BCUT2D eigenvalue weighted by Gasteiger charge is -2.37. The van der Waals surface area contributed by atoms with E-state index in [1.807, 2.05) is 0 Å². The molecular formula is C15H16F4N2O2. The summed E-state index contributed by atoms with van der Waals surface area (Å²) in [6, 6.07) is 2.78. The highest BCUT2D eigenvalue weighted by molar-refractivity contribution is 5.68. The van der Waals surface area contributed by atoms with Crippen molar-refractivity contribution < 1.29 is 27.5 Å². The second-order valence-corrected chi connectivity index (χ2v) is 6.06. The Bertz CT molecular complexity index is 624. The molecule has 1 amide bonds. The fraction of sp³-hybridized carbons (Fsp3) is 0.533. The van der Waals surface area contributed by atoms with Crippen LogP contribution in [0.25, 0.3) is 0 Å². The topological polar surface area (TPSA) is 52.6 Å². The quantitative estimate of drug-likeness (QED) is 0.833. The van der Waals surface area contributed by atoms with Gasteiger partial charge in [-0.1, -0.05) is 6.07 Å². The van der Waals surface area contributed by atoms with E-state index in [-0.39, 0.29) is 18.2 Å². The molecule has 1 aromatic rings. The largest absolute Gasteiger partial charge is 0.465 e. The highest BCUT2D eigenvalue weighted by Crippen LogP contribution is 2.52. The number of amides is 1. The molecule has 4 nitrogen and oxygen atoms in total. The minimum atomic E-state index is -4.81. The van der Waals surface area contributed by atoms with Crippen molar-refractivity contribution in [3.63, 3.8) is 0 Å². The Hall–Kier alpha value is -1.83. The summed E-state index contributed by atoms with van der Waals surface area (Å²) in [4.78, 5) is 12.8. The number of benzene rings is 1. The van der Waals surface area contributed by atoms with Gasteiger partial charge < -0.3 is 10.4 Å². The standard InChI is InChI=1S/C15H16F4N2O2/c16-12-2-1-9(7-11(12)15(17,18)19)14(4-5-14)21(13(22)23)8-10-3-6-20-10/h1-2,7,10,20H,3-6,8H2,(H,22,23)/t10-/m0/s1. The molecule has 1 saturated carbocycles. The van der Waals surface area contributed by atoms with Crippen LogP contribution in [0.2, 0.25) is 0 Å². The minimum Gasteiger partial charge on any atom is -0.465 e. The van der Waals surface area contributed by atoms with Gasteiger partial charge >= 0.3 is 12.3 Å². The van der Waals surface area contributed by atoms with Crippen LogP contribution < -0.4 is 5.32 Å². The van der Waals surface area contributed by atoms with E-state index in [9.17, 15) is 27.5 Å². The van der Waals surface area contributed by atoms with Crippen LogP contribution in [0.15, 0.2) is 18.2 Å². The van der Waals surface area contributed by atoms with Gasteiger partial charge in [0.15, 0.2) is 0 Å². The number of carbonyl (C=O) groups is 1. The first-order chi connectivity index (χ1) is 10.7. The molecule has 0 spiro atoms. The van der Waals surface area contributed by atoms with Crippen LogP contribution in [0.3, 0.4) is 0 Å². The van der Waals surface area contributed by atoms with Crippen molar-refractivity contribution in [2.75, 3.05) is 13.1 Å². The summed E-state index contributed by atoms with van der Waals surface area (Å²) < 4.78 is 52.1. The molecule has 0 unspecified atom stereocenters. The summed E-state index contributed by atoms with van der Waals surface area (Å²) in [6.07, 6.45) is -4.27. The molecule has 1 heterocycles. The monoisotopic (exact) mass is 332 g/mol. The molecule has 0 bridgehead atoms. The maximum absolute atomic E-state index is 13.4. The van der Waals surface area contributed by atoms with Crippen LogP contribution in [0, 0.1) is 5.82 Å². The number of hydrogen-bond acceptors (Lipinski definition) is 2. The average molecular weight is 332 g/mol. The summed E-state index contributed by atoms with van der Waals surface area (Å²) in [5.74, 6) is -1.35. The van der Waals surface area contributed by atoms with Crippen LogP contribution in [0.4, 0.5) is 22.4 Å². The molecule has 1 aromatic carbocycles. The number of rotatable bonds is 4. The van der Waals surface area contributed by atoms with Crippen molar-refractivity contribution in [2.24, 2.45) is 0 Å². The van der Waals surface area contributed by atoms with E-state index in [4.69, 9.17) is 0 Å². The zero-order chi connectivity index (χ0) is 16.8. The van der Waals surface area contributed by atoms with Crippen molar-refractivity contribution in [3.8, 4) is 0 Å². The molecule has 1 atom stereocenters. The highest BCUT2D eigenvalue weighted by atomic mass is 19.4. The van der Waals surface area contributed by atoms with Gasteiger partial charge in [0.1, 0.15) is 5.82 Å². The zero-order valence-corrected chi connectivity index (χ0v) is 12.2. The Kier molecular flexibility index (Phi) is 3.74. The summed E-state index contributed by atoms with van der Waals surface area (Å²) in [5.41, 5.74) is -2.13. The summed E-state index contributed by atoms with van der Waals surface area (Å²) in [7, 11) is 0. The van der Waals surface area contributed by atoms with E-state index in [0.717, 1.165) is 25.1 Å². The number of nitrogens with zero attached hydrogens (tertiary/aromatic N) is 1. The molecular weight excluding hydrogens is 316 g/mol. The first kappa shape index (κ1) is 16.0.